The van der Waals surface area contributed by atoms with E-state index >= 15 is 0 Å². The fourth-order valence-corrected chi connectivity index (χ4v) is 5.30. The van der Waals surface area contributed by atoms with Crippen molar-refractivity contribution in [1.29, 1.82) is 0 Å². The summed E-state index contributed by atoms with van der Waals surface area (Å²) in [6.07, 6.45) is 3.10. The van der Waals surface area contributed by atoms with Crippen LogP contribution in [0.1, 0.15) is 66.9 Å². The van der Waals surface area contributed by atoms with Gasteiger partial charge in [-0.2, -0.15) is 0 Å². The quantitative estimate of drug-likeness (QED) is 0.112. The van der Waals surface area contributed by atoms with Crippen LogP contribution in [-0.2, 0) is 20.8 Å². The van der Waals surface area contributed by atoms with Crippen LogP contribution in [-0.4, -0.2) is 66.8 Å². The van der Waals surface area contributed by atoms with Crippen LogP contribution < -0.4 is 25.6 Å². The van der Waals surface area contributed by atoms with E-state index in [2.05, 4.69) is 65.3 Å². The first-order valence-electron chi connectivity index (χ1n) is 16.9. The van der Waals surface area contributed by atoms with E-state index in [1.54, 1.807) is 6.20 Å². The molecule has 0 amide bonds. The number of carbonyl (C=O) groups is 1. The third-order valence-electron chi connectivity index (χ3n) is 7.62. The van der Waals surface area contributed by atoms with E-state index in [0.717, 1.165) is 53.5 Å². The van der Waals surface area contributed by atoms with Crippen molar-refractivity contribution in [2.45, 2.75) is 79.5 Å². The Morgan fingerprint density at radius 2 is 1.77 bits per heavy atom. The van der Waals surface area contributed by atoms with E-state index < -0.39 is 0 Å². The Labute approximate surface area is 286 Å². The molecule has 3 N–H and O–H groups in total. The van der Waals surface area contributed by atoms with Crippen LogP contribution in [0.3, 0.4) is 0 Å². The molecule has 260 valence electrons. The number of ketones is 1. The van der Waals surface area contributed by atoms with Gasteiger partial charge in [-0.3, -0.25) is 4.79 Å². The van der Waals surface area contributed by atoms with Crippen LogP contribution in [0.4, 0.5) is 17.3 Å². The Bertz CT molecular complexity index is 1490. The predicted octanol–water partition coefficient (Wildman–Crippen LogP) is 6.85. The molecule has 0 saturated carbocycles. The number of benzene rings is 2. The van der Waals surface area contributed by atoms with Crippen molar-refractivity contribution in [2.75, 3.05) is 49.7 Å². The van der Waals surface area contributed by atoms with Gasteiger partial charge in [0.2, 0.25) is 5.95 Å². The number of rotatable bonds is 16. The first-order valence-corrected chi connectivity index (χ1v) is 16.9. The van der Waals surface area contributed by atoms with Gasteiger partial charge >= 0.3 is 0 Å². The van der Waals surface area contributed by atoms with Crippen molar-refractivity contribution >= 4 is 23.1 Å². The number of carbonyl (C=O) groups excluding carboxylic acids is 1. The van der Waals surface area contributed by atoms with Gasteiger partial charge in [0.05, 0.1) is 31.6 Å². The molecule has 1 aliphatic rings. The SMILES string of the molecule is C=C(NCCCOc1ccc(-c2ccnc(Nc3ccc(N4CCOCC4)c(CNC(C)C(=O)CC(C)(C)C)c3)n2)cc1)OC(C)(C)C. The molecular weight excluding hydrogens is 604 g/mol. The molecule has 48 heavy (non-hydrogen) atoms. The molecule has 2 aromatic carbocycles. The molecule has 0 radical (unpaired) electrons. The van der Waals surface area contributed by atoms with Gasteiger partial charge in [-0.25, -0.2) is 9.97 Å². The zero-order chi connectivity index (χ0) is 34.7. The van der Waals surface area contributed by atoms with Crippen molar-refractivity contribution in [3.63, 3.8) is 0 Å². The maximum absolute atomic E-state index is 12.8. The molecule has 3 aromatic rings. The topological polar surface area (TPSA) is 110 Å². The number of hydrogen-bond acceptors (Lipinski definition) is 10. The average molecular weight is 659 g/mol. The smallest absolute Gasteiger partial charge is 0.227 e. The summed E-state index contributed by atoms with van der Waals surface area (Å²) in [5.41, 5.74) is 4.57. The molecule has 1 fully saturated rings. The highest BCUT2D eigenvalue weighted by Crippen LogP contribution is 2.28. The number of aromatic nitrogens is 2. The Hall–Kier alpha value is -4.15. The molecule has 2 heterocycles. The Morgan fingerprint density at radius 3 is 2.46 bits per heavy atom. The lowest BCUT2D eigenvalue weighted by Crippen LogP contribution is -2.38. The standard InChI is InChI=1S/C38H54N6O4/c1-27(35(45)25-37(3,4)5)41-26-30-24-31(12-15-34(30)44-19-22-46-23-20-44)42-36-40-18-16-33(43-36)29-10-13-32(14-11-29)47-21-9-17-39-28(2)48-38(6,7)8/h10-16,18,24,27,39,41H,2,9,17,19-23,25-26H2,1,3-8H3,(H,40,42,43). The highest BCUT2D eigenvalue weighted by molar-refractivity contribution is 5.84. The van der Waals surface area contributed by atoms with Crippen LogP contribution in [0.2, 0.25) is 0 Å². The van der Waals surface area contributed by atoms with E-state index in [1.165, 1.54) is 0 Å². The van der Waals surface area contributed by atoms with Crippen molar-refractivity contribution < 1.29 is 19.0 Å². The average Bonchev–Trinajstić information content (AvgIpc) is 3.03. The van der Waals surface area contributed by atoms with E-state index in [-0.39, 0.29) is 22.8 Å². The summed E-state index contributed by atoms with van der Waals surface area (Å²) in [7, 11) is 0. The minimum Gasteiger partial charge on any atom is -0.494 e. The molecule has 10 heteroatoms. The molecule has 4 rings (SSSR count). The minimum absolute atomic E-state index is 0.0450. The summed E-state index contributed by atoms with van der Waals surface area (Å²) in [4.78, 5) is 24.5. The molecule has 1 atom stereocenters. The molecule has 0 bridgehead atoms. The lowest BCUT2D eigenvalue weighted by atomic mass is 9.88. The zero-order valence-electron chi connectivity index (χ0n) is 29.8. The molecule has 1 saturated heterocycles. The fourth-order valence-electron chi connectivity index (χ4n) is 5.30. The molecule has 1 aliphatic heterocycles. The lowest BCUT2D eigenvalue weighted by molar-refractivity contribution is -0.122. The second-order valence-corrected chi connectivity index (χ2v) is 14.4. The van der Waals surface area contributed by atoms with Gasteiger partial charge in [0.1, 0.15) is 17.1 Å². The van der Waals surface area contributed by atoms with Gasteiger partial charge in [0, 0.05) is 55.7 Å². The van der Waals surface area contributed by atoms with E-state index in [4.69, 9.17) is 19.2 Å². The maximum Gasteiger partial charge on any atom is 0.227 e. The van der Waals surface area contributed by atoms with Crippen molar-refractivity contribution in [2.24, 2.45) is 5.41 Å². The van der Waals surface area contributed by atoms with E-state index in [1.807, 2.05) is 64.1 Å². The summed E-state index contributed by atoms with van der Waals surface area (Å²) in [5, 5.41) is 10.0. The number of morpholine rings is 1. The number of hydrogen-bond donors (Lipinski definition) is 3. The number of ether oxygens (including phenoxy) is 3. The number of nitrogens with zero attached hydrogens (tertiary/aromatic N) is 3. The van der Waals surface area contributed by atoms with Crippen LogP contribution >= 0.6 is 0 Å². The van der Waals surface area contributed by atoms with Crippen molar-refractivity contribution in [1.82, 2.24) is 20.6 Å². The second kappa shape index (κ2) is 16.8. The number of Topliss-reactive ketones (excluding diaryl/α,β-unsaturated/α-hetero) is 1. The van der Waals surface area contributed by atoms with Gasteiger partial charge < -0.3 is 35.1 Å². The third-order valence-corrected chi connectivity index (χ3v) is 7.62. The highest BCUT2D eigenvalue weighted by atomic mass is 16.5. The molecular formula is C38H54N6O4. The van der Waals surface area contributed by atoms with E-state index in [9.17, 15) is 4.79 Å². The maximum atomic E-state index is 12.8. The molecule has 1 unspecified atom stereocenters. The first kappa shape index (κ1) is 36.7. The predicted molar refractivity (Wildman–Crippen MR) is 194 cm³/mol. The van der Waals surface area contributed by atoms with Crippen LogP contribution in [0.15, 0.2) is 67.2 Å². The molecule has 0 spiro atoms. The fraction of sp³-hybridized carbons (Fsp3) is 0.500. The largest absolute Gasteiger partial charge is 0.494 e. The van der Waals surface area contributed by atoms with Crippen molar-refractivity contribution in [3.8, 4) is 17.0 Å². The Balaban J connectivity index is 1.37. The van der Waals surface area contributed by atoms with Crippen LogP contribution in [0, 0.1) is 5.41 Å². The summed E-state index contributed by atoms with van der Waals surface area (Å²) in [6.45, 7) is 23.0. The van der Waals surface area contributed by atoms with Gasteiger partial charge in [0.15, 0.2) is 5.88 Å². The molecule has 0 aliphatic carbocycles. The monoisotopic (exact) mass is 658 g/mol. The zero-order valence-corrected chi connectivity index (χ0v) is 29.8. The summed E-state index contributed by atoms with van der Waals surface area (Å²) >= 11 is 0. The molecule has 10 nitrogen and oxygen atoms in total. The van der Waals surface area contributed by atoms with Crippen LogP contribution in [0.5, 0.6) is 5.75 Å². The van der Waals surface area contributed by atoms with Gasteiger partial charge in [0.25, 0.3) is 0 Å². The highest BCUT2D eigenvalue weighted by Gasteiger charge is 2.22. The normalized spacial score (nSPS) is 14.3. The summed E-state index contributed by atoms with van der Waals surface area (Å²) in [5.74, 6) is 2.09. The molecule has 1 aromatic heterocycles. The number of anilines is 3. The second-order valence-electron chi connectivity index (χ2n) is 14.4. The minimum atomic E-state index is -0.271. The lowest BCUT2D eigenvalue weighted by Gasteiger charge is -2.31. The number of nitrogens with one attached hydrogen (secondary N) is 3. The first-order chi connectivity index (χ1) is 22.8. The van der Waals surface area contributed by atoms with Gasteiger partial charge in [-0.15, -0.1) is 0 Å². The Morgan fingerprint density at radius 1 is 1.04 bits per heavy atom. The van der Waals surface area contributed by atoms with Gasteiger partial charge in [-0.1, -0.05) is 20.8 Å². The Kier molecular flexibility index (Phi) is 12.8. The van der Waals surface area contributed by atoms with Crippen LogP contribution in [0.25, 0.3) is 11.3 Å². The van der Waals surface area contributed by atoms with Crippen molar-refractivity contribution in [3.05, 3.63) is 72.8 Å². The van der Waals surface area contributed by atoms with E-state index in [0.29, 0.717) is 51.2 Å². The third kappa shape index (κ3) is 12.1. The summed E-state index contributed by atoms with van der Waals surface area (Å²) in [6, 6.07) is 15.9. The van der Waals surface area contributed by atoms with Gasteiger partial charge in [-0.05, 0) is 100 Å². The summed E-state index contributed by atoms with van der Waals surface area (Å²) < 4.78 is 17.2.